The molecule has 0 fully saturated rings. The van der Waals surface area contributed by atoms with Gasteiger partial charge in [0.25, 0.3) is 0 Å². The molecule has 1 rings (SSSR count). The Kier molecular flexibility index (Phi) is 9.11. The normalized spacial score (nSPS) is 10.7. The fraction of sp³-hybridized carbons (Fsp3) is 0.529. The Labute approximate surface area is 132 Å². The van der Waals surface area contributed by atoms with Gasteiger partial charge >= 0.3 is 5.97 Å². The molecule has 5 nitrogen and oxygen atoms in total. The number of hydrogen-bond acceptors (Lipinski definition) is 5. The molecule has 1 aromatic rings. The Morgan fingerprint density at radius 3 is 2.50 bits per heavy atom. The van der Waals surface area contributed by atoms with Gasteiger partial charge in [0.1, 0.15) is 13.0 Å². The number of hydrogen-bond donors (Lipinski definition) is 0. The minimum Gasteiger partial charge on any atom is -0.465 e. The molecule has 0 heterocycles. The van der Waals surface area contributed by atoms with E-state index in [0.717, 1.165) is 19.4 Å². The lowest BCUT2D eigenvalue weighted by Crippen LogP contribution is -2.21. The maximum atomic E-state index is 11.5. The molecule has 0 saturated heterocycles. The maximum Gasteiger partial charge on any atom is 0.313 e. The number of aryl methyl sites for hydroxylation is 1. The number of likely N-dealkylation sites (N-methyl/N-ethyl adjacent to an activating group) is 1. The van der Waals surface area contributed by atoms with Gasteiger partial charge in [0, 0.05) is 6.54 Å². The highest BCUT2D eigenvalue weighted by atomic mass is 16.5. The van der Waals surface area contributed by atoms with Crippen LogP contribution in [0.4, 0.5) is 0 Å². The smallest absolute Gasteiger partial charge is 0.313 e. The molecule has 0 saturated carbocycles. The minimum atomic E-state index is -0.478. The van der Waals surface area contributed by atoms with E-state index in [1.807, 2.05) is 49.3 Å². The van der Waals surface area contributed by atoms with Gasteiger partial charge in [-0.2, -0.15) is 0 Å². The van der Waals surface area contributed by atoms with E-state index in [9.17, 15) is 9.59 Å². The van der Waals surface area contributed by atoms with Crippen LogP contribution in [0.5, 0.6) is 0 Å². The van der Waals surface area contributed by atoms with Crippen LogP contribution in [-0.2, 0) is 25.5 Å². The Hall–Kier alpha value is -1.72. The fourth-order valence-electron chi connectivity index (χ4n) is 1.80. The molecule has 22 heavy (non-hydrogen) atoms. The van der Waals surface area contributed by atoms with E-state index in [-0.39, 0.29) is 18.8 Å². The van der Waals surface area contributed by atoms with Crippen molar-refractivity contribution >= 4 is 11.8 Å². The van der Waals surface area contributed by atoms with Gasteiger partial charge in [-0.25, -0.2) is 0 Å². The number of ether oxygens (including phenoxy) is 2. The molecule has 5 heteroatoms. The molecule has 0 aliphatic rings. The lowest BCUT2D eigenvalue weighted by atomic mass is 10.1. The number of carbonyl (C=O) groups excluding carboxylic acids is 2. The molecule has 0 atom stereocenters. The maximum absolute atomic E-state index is 11.5. The van der Waals surface area contributed by atoms with E-state index < -0.39 is 5.97 Å². The van der Waals surface area contributed by atoms with Crippen LogP contribution in [0.15, 0.2) is 30.3 Å². The summed E-state index contributed by atoms with van der Waals surface area (Å²) in [5, 5.41) is 0. The van der Waals surface area contributed by atoms with Crippen LogP contribution in [-0.4, -0.2) is 57.1 Å². The van der Waals surface area contributed by atoms with Crippen molar-refractivity contribution in [3.05, 3.63) is 35.9 Å². The van der Waals surface area contributed by atoms with Gasteiger partial charge in [-0.05, 0) is 32.5 Å². The highest BCUT2D eigenvalue weighted by molar-refractivity contribution is 5.96. The second-order valence-electron chi connectivity index (χ2n) is 5.38. The summed E-state index contributed by atoms with van der Waals surface area (Å²) < 4.78 is 10.2. The van der Waals surface area contributed by atoms with Crippen LogP contribution in [0, 0.1) is 0 Å². The number of benzene rings is 1. The number of carbonyl (C=O) groups is 2. The third kappa shape index (κ3) is 9.26. The van der Waals surface area contributed by atoms with Gasteiger partial charge in [-0.15, -0.1) is 0 Å². The monoisotopic (exact) mass is 307 g/mol. The zero-order chi connectivity index (χ0) is 16.2. The van der Waals surface area contributed by atoms with E-state index in [1.165, 1.54) is 5.56 Å². The van der Waals surface area contributed by atoms with Crippen LogP contribution >= 0.6 is 0 Å². The molecular weight excluding hydrogens is 282 g/mol. The summed E-state index contributed by atoms with van der Waals surface area (Å²) in [6.45, 7) is 1.53. The van der Waals surface area contributed by atoms with E-state index in [4.69, 9.17) is 9.47 Å². The van der Waals surface area contributed by atoms with Gasteiger partial charge in [-0.3, -0.25) is 9.59 Å². The molecule has 1 aromatic carbocycles. The second-order valence-corrected chi connectivity index (χ2v) is 5.38. The van der Waals surface area contributed by atoms with E-state index in [0.29, 0.717) is 13.2 Å². The standard InChI is InChI=1S/C17H25NO4/c1-18(2)10-12-21-14-16(19)13-17(20)22-11-6-9-15-7-4-3-5-8-15/h3-5,7-8H,6,9-14H2,1-2H3. The zero-order valence-corrected chi connectivity index (χ0v) is 13.4. The molecule has 0 aliphatic carbocycles. The van der Waals surface area contributed by atoms with Crippen molar-refractivity contribution in [1.82, 2.24) is 4.90 Å². The molecular formula is C17H25NO4. The molecule has 122 valence electrons. The van der Waals surface area contributed by atoms with E-state index in [1.54, 1.807) is 0 Å². The Morgan fingerprint density at radius 2 is 1.82 bits per heavy atom. The average molecular weight is 307 g/mol. The molecule has 0 spiro atoms. The number of ketones is 1. The summed E-state index contributed by atoms with van der Waals surface area (Å²) >= 11 is 0. The number of Topliss-reactive ketones (excluding diaryl/α,β-unsaturated/α-hetero) is 1. The van der Waals surface area contributed by atoms with Crippen molar-refractivity contribution in [2.24, 2.45) is 0 Å². The van der Waals surface area contributed by atoms with Gasteiger partial charge in [0.2, 0.25) is 0 Å². The van der Waals surface area contributed by atoms with Crippen LogP contribution in [0.3, 0.4) is 0 Å². The minimum absolute atomic E-state index is 0.0348. The van der Waals surface area contributed by atoms with Crippen molar-refractivity contribution in [2.75, 3.05) is 40.5 Å². The average Bonchev–Trinajstić information content (AvgIpc) is 2.49. The van der Waals surface area contributed by atoms with Crippen molar-refractivity contribution in [2.45, 2.75) is 19.3 Å². The second kappa shape index (κ2) is 10.9. The number of rotatable bonds is 11. The highest BCUT2D eigenvalue weighted by Crippen LogP contribution is 2.02. The molecule has 0 unspecified atom stereocenters. The predicted molar refractivity (Wildman–Crippen MR) is 84.7 cm³/mol. The van der Waals surface area contributed by atoms with Crippen molar-refractivity contribution < 1.29 is 19.1 Å². The van der Waals surface area contributed by atoms with Crippen LogP contribution in [0.25, 0.3) is 0 Å². The van der Waals surface area contributed by atoms with Crippen LogP contribution < -0.4 is 0 Å². The molecule has 0 aromatic heterocycles. The first-order chi connectivity index (χ1) is 10.6. The summed E-state index contributed by atoms with van der Waals surface area (Å²) in [6.07, 6.45) is 1.40. The summed E-state index contributed by atoms with van der Waals surface area (Å²) in [5.74, 6) is -0.721. The summed E-state index contributed by atoms with van der Waals surface area (Å²) in [4.78, 5) is 25.0. The van der Waals surface area contributed by atoms with Crippen molar-refractivity contribution in [1.29, 1.82) is 0 Å². The molecule has 0 aliphatic heterocycles. The largest absolute Gasteiger partial charge is 0.465 e. The first kappa shape index (κ1) is 18.3. The Bertz CT molecular complexity index is 445. The van der Waals surface area contributed by atoms with Gasteiger partial charge in [-0.1, -0.05) is 30.3 Å². The third-order valence-corrected chi connectivity index (χ3v) is 3.00. The van der Waals surface area contributed by atoms with Gasteiger partial charge in [0.05, 0.1) is 13.2 Å². The Morgan fingerprint density at radius 1 is 1.09 bits per heavy atom. The Balaban J connectivity index is 2.04. The van der Waals surface area contributed by atoms with Crippen LogP contribution in [0.1, 0.15) is 18.4 Å². The molecule has 0 amide bonds. The third-order valence-electron chi connectivity index (χ3n) is 3.00. The number of nitrogens with zero attached hydrogens (tertiary/aromatic N) is 1. The summed E-state index contributed by atoms with van der Waals surface area (Å²) in [7, 11) is 3.86. The lowest BCUT2D eigenvalue weighted by molar-refractivity contribution is -0.147. The fourth-order valence-corrected chi connectivity index (χ4v) is 1.80. The topological polar surface area (TPSA) is 55.8 Å². The first-order valence-electron chi connectivity index (χ1n) is 7.51. The predicted octanol–water partition coefficient (Wildman–Crippen LogP) is 1.70. The zero-order valence-electron chi connectivity index (χ0n) is 13.4. The van der Waals surface area contributed by atoms with Crippen LogP contribution in [0.2, 0.25) is 0 Å². The first-order valence-corrected chi connectivity index (χ1v) is 7.51. The highest BCUT2D eigenvalue weighted by Gasteiger charge is 2.10. The summed E-state index contributed by atoms with van der Waals surface area (Å²) in [6, 6.07) is 10.0. The van der Waals surface area contributed by atoms with Crippen molar-refractivity contribution in [3.8, 4) is 0 Å². The van der Waals surface area contributed by atoms with Crippen molar-refractivity contribution in [3.63, 3.8) is 0 Å². The number of esters is 1. The van der Waals surface area contributed by atoms with E-state index in [2.05, 4.69) is 0 Å². The van der Waals surface area contributed by atoms with E-state index >= 15 is 0 Å². The van der Waals surface area contributed by atoms with Gasteiger partial charge in [0.15, 0.2) is 5.78 Å². The molecule has 0 N–H and O–H groups in total. The molecule has 0 radical (unpaired) electrons. The van der Waals surface area contributed by atoms with Gasteiger partial charge < -0.3 is 14.4 Å². The summed E-state index contributed by atoms with van der Waals surface area (Å²) in [5.41, 5.74) is 1.21. The lowest BCUT2D eigenvalue weighted by Gasteiger charge is -2.09. The molecule has 0 bridgehead atoms. The SMILES string of the molecule is CN(C)CCOCC(=O)CC(=O)OCCCc1ccccc1. The quantitative estimate of drug-likeness (QED) is 0.354.